The van der Waals surface area contributed by atoms with Crippen molar-refractivity contribution in [2.24, 2.45) is 0 Å². The monoisotopic (exact) mass is 263 g/mol. The highest BCUT2D eigenvalue weighted by molar-refractivity contribution is 5.71. The van der Waals surface area contributed by atoms with Crippen molar-refractivity contribution in [1.29, 1.82) is 0 Å². The first-order chi connectivity index (χ1) is 9.11. The van der Waals surface area contributed by atoms with Gasteiger partial charge in [0.05, 0.1) is 19.9 Å². The van der Waals surface area contributed by atoms with Crippen LogP contribution in [0.3, 0.4) is 0 Å². The molecule has 0 spiro atoms. The van der Waals surface area contributed by atoms with Crippen molar-refractivity contribution in [1.82, 2.24) is 15.0 Å². The Morgan fingerprint density at radius 2 is 2.21 bits per heavy atom. The molecule has 0 aliphatic carbocycles. The number of aromatic nitrogens is 3. The average Bonchev–Trinajstić information content (AvgIpc) is 2.86. The van der Waals surface area contributed by atoms with E-state index in [1.165, 1.54) is 4.68 Å². The molecule has 2 N–H and O–H groups in total. The normalized spacial score (nSPS) is 12.1. The zero-order valence-corrected chi connectivity index (χ0v) is 10.2. The summed E-state index contributed by atoms with van der Waals surface area (Å²) in [5.41, 5.74) is 1.30. The standard InChI is InChI=1S/C12H13N3O4/c1-19-11-5-3-2-4-8(11)9-6-15(14-13-9)7-10(16)12(17)18/h2-6,10,16H,7H2,1H3,(H,17,18). The van der Waals surface area contributed by atoms with Gasteiger partial charge in [-0.2, -0.15) is 0 Å². The van der Waals surface area contributed by atoms with Gasteiger partial charge in [-0.1, -0.05) is 17.3 Å². The lowest BCUT2D eigenvalue weighted by atomic mass is 10.1. The van der Waals surface area contributed by atoms with Gasteiger partial charge < -0.3 is 14.9 Å². The predicted octanol–water partition coefficient (Wildman–Crippen LogP) is 0.399. The number of hydrogen-bond donors (Lipinski definition) is 2. The summed E-state index contributed by atoms with van der Waals surface area (Å²) >= 11 is 0. The summed E-state index contributed by atoms with van der Waals surface area (Å²) in [7, 11) is 1.55. The summed E-state index contributed by atoms with van der Waals surface area (Å²) in [5.74, 6) is -0.650. The molecule has 2 aromatic rings. The van der Waals surface area contributed by atoms with E-state index >= 15 is 0 Å². The van der Waals surface area contributed by atoms with Gasteiger partial charge in [0.25, 0.3) is 0 Å². The van der Waals surface area contributed by atoms with Gasteiger partial charge in [0.2, 0.25) is 0 Å². The fourth-order valence-electron chi connectivity index (χ4n) is 1.62. The molecule has 19 heavy (non-hydrogen) atoms. The van der Waals surface area contributed by atoms with E-state index in [0.717, 1.165) is 5.56 Å². The maximum Gasteiger partial charge on any atom is 0.334 e. The molecule has 0 saturated carbocycles. The van der Waals surface area contributed by atoms with E-state index in [1.807, 2.05) is 18.2 Å². The minimum atomic E-state index is -1.51. The summed E-state index contributed by atoms with van der Waals surface area (Å²) in [6.07, 6.45) is 0.0523. The topological polar surface area (TPSA) is 97.5 Å². The maximum atomic E-state index is 10.5. The highest BCUT2D eigenvalue weighted by atomic mass is 16.5. The lowest BCUT2D eigenvalue weighted by Crippen LogP contribution is -2.25. The molecule has 1 unspecified atom stereocenters. The minimum Gasteiger partial charge on any atom is -0.496 e. The van der Waals surface area contributed by atoms with Crippen LogP contribution in [0.15, 0.2) is 30.5 Å². The van der Waals surface area contributed by atoms with Crippen molar-refractivity contribution in [2.45, 2.75) is 12.6 Å². The fourth-order valence-corrected chi connectivity index (χ4v) is 1.62. The van der Waals surface area contributed by atoms with Gasteiger partial charge in [0.15, 0.2) is 6.10 Å². The van der Waals surface area contributed by atoms with Crippen molar-refractivity contribution in [2.75, 3.05) is 7.11 Å². The van der Waals surface area contributed by atoms with Crippen LogP contribution in [0.25, 0.3) is 11.3 Å². The molecule has 0 aliphatic rings. The van der Waals surface area contributed by atoms with Crippen LogP contribution in [-0.2, 0) is 11.3 Å². The number of ether oxygens (including phenoxy) is 1. The van der Waals surface area contributed by atoms with E-state index in [0.29, 0.717) is 11.4 Å². The molecular weight excluding hydrogens is 250 g/mol. The first-order valence-electron chi connectivity index (χ1n) is 5.56. The number of aliphatic carboxylic acids is 1. The number of para-hydroxylation sites is 1. The molecule has 0 aliphatic heterocycles. The number of aliphatic hydroxyl groups excluding tert-OH is 1. The Labute approximate surface area is 109 Å². The fraction of sp³-hybridized carbons (Fsp3) is 0.250. The van der Waals surface area contributed by atoms with E-state index < -0.39 is 12.1 Å². The molecule has 1 aromatic carbocycles. The van der Waals surface area contributed by atoms with Gasteiger partial charge in [-0.25, -0.2) is 9.48 Å². The molecule has 1 aromatic heterocycles. The summed E-state index contributed by atoms with van der Waals surface area (Å²) < 4.78 is 6.49. The third-order valence-electron chi connectivity index (χ3n) is 2.57. The van der Waals surface area contributed by atoms with E-state index in [1.54, 1.807) is 19.4 Å². The number of carboxylic acids is 1. The van der Waals surface area contributed by atoms with Crippen LogP contribution in [0.4, 0.5) is 0 Å². The first-order valence-corrected chi connectivity index (χ1v) is 5.56. The molecule has 2 rings (SSSR count). The zero-order valence-electron chi connectivity index (χ0n) is 10.2. The highest BCUT2D eigenvalue weighted by Crippen LogP contribution is 2.27. The summed E-state index contributed by atoms with van der Waals surface area (Å²) in [5, 5.41) is 25.6. The molecule has 0 bridgehead atoms. The molecule has 7 heteroatoms. The van der Waals surface area contributed by atoms with E-state index in [2.05, 4.69) is 10.3 Å². The van der Waals surface area contributed by atoms with Crippen LogP contribution in [0, 0.1) is 0 Å². The van der Waals surface area contributed by atoms with Gasteiger partial charge in [0.1, 0.15) is 11.4 Å². The number of nitrogens with zero attached hydrogens (tertiary/aromatic N) is 3. The largest absolute Gasteiger partial charge is 0.496 e. The molecule has 7 nitrogen and oxygen atoms in total. The molecule has 1 atom stereocenters. The smallest absolute Gasteiger partial charge is 0.334 e. The van der Waals surface area contributed by atoms with Crippen LogP contribution >= 0.6 is 0 Å². The molecule has 0 fully saturated rings. The maximum absolute atomic E-state index is 10.5. The molecule has 0 amide bonds. The van der Waals surface area contributed by atoms with E-state index in [4.69, 9.17) is 9.84 Å². The van der Waals surface area contributed by atoms with Crippen molar-refractivity contribution < 1.29 is 19.7 Å². The average molecular weight is 263 g/mol. The minimum absolute atomic E-state index is 0.155. The SMILES string of the molecule is COc1ccccc1-c1cn(CC(O)C(=O)O)nn1. The number of hydrogen-bond acceptors (Lipinski definition) is 5. The third kappa shape index (κ3) is 2.89. The van der Waals surface area contributed by atoms with Crippen LogP contribution in [0.2, 0.25) is 0 Å². The number of carboxylic acid groups (broad SMARTS) is 1. The molecule has 0 saturated heterocycles. The van der Waals surface area contributed by atoms with Gasteiger partial charge >= 0.3 is 5.97 Å². The Bertz CT molecular complexity index is 582. The van der Waals surface area contributed by atoms with Gasteiger partial charge in [-0.3, -0.25) is 0 Å². The van der Waals surface area contributed by atoms with Crippen molar-refractivity contribution >= 4 is 5.97 Å². The summed E-state index contributed by atoms with van der Waals surface area (Å²) in [6.45, 7) is -0.155. The van der Waals surface area contributed by atoms with Crippen LogP contribution in [-0.4, -0.2) is 44.4 Å². The molecule has 1 heterocycles. The Morgan fingerprint density at radius 3 is 2.89 bits per heavy atom. The van der Waals surface area contributed by atoms with Crippen LogP contribution in [0.5, 0.6) is 5.75 Å². The third-order valence-corrected chi connectivity index (χ3v) is 2.57. The van der Waals surface area contributed by atoms with Gasteiger partial charge in [-0.15, -0.1) is 5.10 Å². The Morgan fingerprint density at radius 1 is 1.47 bits per heavy atom. The van der Waals surface area contributed by atoms with Crippen LogP contribution < -0.4 is 4.74 Å². The quantitative estimate of drug-likeness (QED) is 0.810. The van der Waals surface area contributed by atoms with Crippen LogP contribution in [0.1, 0.15) is 0 Å². The molecular formula is C12H13N3O4. The zero-order chi connectivity index (χ0) is 13.8. The number of carbonyl (C=O) groups is 1. The number of rotatable bonds is 5. The Kier molecular flexibility index (Phi) is 3.76. The van der Waals surface area contributed by atoms with E-state index in [-0.39, 0.29) is 6.54 Å². The van der Waals surface area contributed by atoms with Crippen molar-refractivity contribution in [3.05, 3.63) is 30.5 Å². The van der Waals surface area contributed by atoms with Crippen molar-refractivity contribution in [3.8, 4) is 17.0 Å². The second-order valence-electron chi connectivity index (χ2n) is 3.88. The first kappa shape index (κ1) is 13.0. The van der Waals surface area contributed by atoms with Crippen molar-refractivity contribution in [3.63, 3.8) is 0 Å². The highest BCUT2D eigenvalue weighted by Gasteiger charge is 2.16. The number of benzene rings is 1. The number of aliphatic hydroxyl groups is 1. The lowest BCUT2D eigenvalue weighted by Gasteiger charge is -2.05. The van der Waals surface area contributed by atoms with E-state index in [9.17, 15) is 9.90 Å². The second-order valence-corrected chi connectivity index (χ2v) is 3.88. The lowest BCUT2D eigenvalue weighted by molar-refractivity contribution is -0.147. The van der Waals surface area contributed by atoms with Gasteiger partial charge in [-0.05, 0) is 12.1 Å². The molecule has 0 radical (unpaired) electrons. The Balaban J connectivity index is 2.23. The Hall–Kier alpha value is -2.41. The number of methoxy groups -OCH3 is 1. The molecule has 100 valence electrons. The second kappa shape index (κ2) is 5.49. The summed E-state index contributed by atoms with van der Waals surface area (Å²) in [4.78, 5) is 10.5. The predicted molar refractivity (Wildman–Crippen MR) is 65.7 cm³/mol. The van der Waals surface area contributed by atoms with Gasteiger partial charge in [0, 0.05) is 5.56 Å². The summed E-state index contributed by atoms with van der Waals surface area (Å²) in [6, 6.07) is 7.28.